The molecule has 1 saturated carbocycles. The van der Waals surface area contributed by atoms with Gasteiger partial charge in [-0.15, -0.1) is 0 Å². The van der Waals surface area contributed by atoms with Gasteiger partial charge in [-0.3, -0.25) is 0 Å². The predicted octanol–water partition coefficient (Wildman–Crippen LogP) is 2.12. The van der Waals surface area contributed by atoms with E-state index in [4.69, 9.17) is 5.73 Å². The van der Waals surface area contributed by atoms with Crippen molar-refractivity contribution in [2.45, 2.75) is 44.6 Å². The van der Waals surface area contributed by atoms with Gasteiger partial charge in [-0.25, -0.2) is 0 Å². The van der Waals surface area contributed by atoms with Gasteiger partial charge in [-0.2, -0.15) is 0 Å². The molecule has 1 fully saturated rings. The Balaban J connectivity index is 2.13. The third-order valence-corrected chi connectivity index (χ3v) is 2.36. The summed E-state index contributed by atoms with van der Waals surface area (Å²) in [5.74, 6) is 0.890. The molecule has 1 atom stereocenters. The first-order valence-corrected chi connectivity index (χ1v) is 4.37. The summed E-state index contributed by atoms with van der Waals surface area (Å²) in [5.41, 5.74) is 5.61. The first kappa shape index (κ1) is 8.06. The summed E-state index contributed by atoms with van der Waals surface area (Å²) in [7, 11) is 0. The minimum Gasteiger partial charge on any atom is -0.328 e. The van der Waals surface area contributed by atoms with E-state index >= 15 is 0 Å². The van der Waals surface area contributed by atoms with E-state index in [1.807, 2.05) is 0 Å². The Morgan fingerprint density at radius 2 is 1.90 bits per heavy atom. The van der Waals surface area contributed by atoms with Crippen LogP contribution in [0.3, 0.4) is 0 Å². The second kappa shape index (κ2) is 3.97. The van der Waals surface area contributed by atoms with E-state index in [9.17, 15) is 0 Å². The van der Waals surface area contributed by atoms with Crippen molar-refractivity contribution in [3.8, 4) is 0 Å². The lowest BCUT2D eigenvalue weighted by molar-refractivity contribution is 0.329. The smallest absolute Gasteiger partial charge is 0.00420 e. The van der Waals surface area contributed by atoms with Gasteiger partial charge in [0.1, 0.15) is 0 Å². The lowest BCUT2D eigenvalue weighted by Crippen LogP contribution is -2.21. The summed E-state index contributed by atoms with van der Waals surface area (Å²) < 4.78 is 0. The van der Waals surface area contributed by atoms with Crippen molar-refractivity contribution in [2.24, 2.45) is 11.7 Å². The van der Waals surface area contributed by atoms with Crippen LogP contribution in [0, 0.1) is 12.8 Å². The highest BCUT2D eigenvalue weighted by Gasteiger charge is 2.14. The fourth-order valence-corrected chi connectivity index (χ4v) is 1.85. The SMILES string of the molecule is [CH2][C@H](N)CC1CCCCC1. The standard InChI is InChI=1S/C9H18N/c1-8(10)7-9-5-3-2-4-6-9/h8-9H,1-7,10H2/t8-/m0/s1. The average molecular weight is 140 g/mol. The average Bonchev–Trinajstić information content (AvgIpc) is 1.88. The third kappa shape index (κ3) is 2.70. The van der Waals surface area contributed by atoms with Crippen molar-refractivity contribution in [1.82, 2.24) is 0 Å². The van der Waals surface area contributed by atoms with Crippen LogP contribution in [0.2, 0.25) is 0 Å². The monoisotopic (exact) mass is 140 g/mol. The second-order valence-electron chi connectivity index (χ2n) is 3.50. The molecule has 1 rings (SSSR count). The Hall–Kier alpha value is -0.0400. The molecule has 0 aromatic rings. The molecule has 1 nitrogen and oxygen atoms in total. The zero-order chi connectivity index (χ0) is 7.40. The molecular weight excluding hydrogens is 122 g/mol. The molecule has 2 N–H and O–H groups in total. The minimum atomic E-state index is 0.170. The van der Waals surface area contributed by atoms with Gasteiger partial charge >= 0.3 is 0 Å². The van der Waals surface area contributed by atoms with Gasteiger partial charge in [0, 0.05) is 6.04 Å². The Kier molecular flexibility index (Phi) is 3.20. The van der Waals surface area contributed by atoms with Crippen LogP contribution in [0.5, 0.6) is 0 Å². The molecule has 0 saturated heterocycles. The Labute approximate surface area is 64.0 Å². The molecule has 0 aromatic carbocycles. The summed E-state index contributed by atoms with van der Waals surface area (Å²) >= 11 is 0. The second-order valence-corrected chi connectivity index (χ2v) is 3.50. The molecule has 1 aliphatic carbocycles. The summed E-state index contributed by atoms with van der Waals surface area (Å²) in [4.78, 5) is 0. The molecule has 0 unspecified atom stereocenters. The topological polar surface area (TPSA) is 26.0 Å². The molecule has 0 heterocycles. The van der Waals surface area contributed by atoms with Gasteiger partial charge < -0.3 is 5.73 Å². The van der Waals surface area contributed by atoms with E-state index in [0.717, 1.165) is 12.3 Å². The summed E-state index contributed by atoms with van der Waals surface area (Å²) in [6.45, 7) is 3.81. The first-order valence-electron chi connectivity index (χ1n) is 4.37. The number of hydrogen-bond donors (Lipinski definition) is 1. The van der Waals surface area contributed by atoms with Crippen molar-refractivity contribution < 1.29 is 0 Å². The quantitative estimate of drug-likeness (QED) is 0.624. The molecule has 0 aromatic heterocycles. The molecule has 0 spiro atoms. The predicted molar refractivity (Wildman–Crippen MR) is 44.5 cm³/mol. The number of rotatable bonds is 2. The van der Waals surface area contributed by atoms with Crippen LogP contribution in [0.1, 0.15) is 38.5 Å². The van der Waals surface area contributed by atoms with Crippen molar-refractivity contribution in [3.63, 3.8) is 0 Å². The van der Waals surface area contributed by atoms with Gasteiger partial charge in [-0.05, 0) is 19.3 Å². The lowest BCUT2D eigenvalue weighted by Gasteiger charge is -2.22. The van der Waals surface area contributed by atoms with E-state index in [0.29, 0.717) is 0 Å². The summed E-state index contributed by atoms with van der Waals surface area (Å²) in [6.07, 6.45) is 8.18. The molecule has 10 heavy (non-hydrogen) atoms. The molecule has 0 aliphatic heterocycles. The fourth-order valence-electron chi connectivity index (χ4n) is 1.85. The zero-order valence-corrected chi connectivity index (χ0v) is 6.68. The van der Waals surface area contributed by atoms with E-state index in [1.54, 1.807) is 0 Å². The van der Waals surface area contributed by atoms with Gasteiger partial charge in [0.05, 0.1) is 0 Å². The highest BCUT2D eigenvalue weighted by atomic mass is 14.6. The van der Waals surface area contributed by atoms with Crippen LogP contribution < -0.4 is 5.73 Å². The summed E-state index contributed by atoms with van der Waals surface area (Å²) in [5, 5.41) is 0. The third-order valence-electron chi connectivity index (χ3n) is 2.36. The van der Waals surface area contributed by atoms with Crippen molar-refractivity contribution in [3.05, 3.63) is 6.92 Å². The van der Waals surface area contributed by atoms with Gasteiger partial charge in [0.2, 0.25) is 0 Å². The van der Waals surface area contributed by atoms with Gasteiger partial charge in [-0.1, -0.05) is 32.1 Å². The molecule has 0 bridgehead atoms. The van der Waals surface area contributed by atoms with Crippen LogP contribution in [0.15, 0.2) is 0 Å². The molecular formula is C9H18N. The van der Waals surface area contributed by atoms with Gasteiger partial charge in [0.25, 0.3) is 0 Å². The van der Waals surface area contributed by atoms with Crippen LogP contribution in [-0.2, 0) is 0 Å². The normalized spacial score (nSPS) is 24.6. The van der Waals surface area contributed by atoms with Crippen LogP contribution in [0.4, 0.5) is 0 Å². The Morgan fingerprint density at radius 3 is 2.40 bits per heavy atom. The Morgan fingerprint density at radius 1 is 1.30 bits per heavy atom. The maximum absolute atomic E-state index is 5.61. The maximum Gasteiger partial charge on any atom is 0.00420 e. The van der Waals surface area contributed by atoms with Crippen LogP contribution >= 0.6 is 0 Å². The van der Waals surface area contributed by atoms with Crippen molar-refractivity contribution >= 4 is 0 Å². The number of hydrogen-bond acceptors (Lipinski definition) is 1. The van der Waals surface area contributed by atoms with Gasteiger partial charge in [0.15, 0.2) is 0 Å². The molecule has 0 amide bonds. The summed E-state index contributed by atoms with van der Waals surface area (Å²) in [6, 6.07) is 0.170. The van der Waals surface area contributed by atoms with E-state index in [-0.39, 0.29) is 6.04 Å². The van der Waals surface area contributed by atoms with E-state index in [2.05, 4.69) is 6.92 Å². The molecule has 1 radical (unpaired) electrons. The lowest BCUT2D eigenvalue weighted by atomic mass is 9.85. The molecule has 59 valence electrons. The van der Waals surface area contributed by atoms with Crippen molar-refractivity contribution in [2.75, 3.05) is 0 Å². The highest BCUT2D eigenvalue weighted by Crippen LogP contribution is 2.26. The molecule has 1 aliphatic rings. The number of nitrogens with two attached hydrogens (primary N) is 1. The highest BCUT2D eigenvalue weighted by molar-refractivity contribution is 4.72. The Bertz CT molecular complexity index is 82.7. The zero-order valence-electron chi connectivity index (χ0n) is 6.68. The molecule has 1 heteroatoms. The van der Waals surface area contributed by atoms with E-state index in [1.165, 1.54) is 32.1 Å². The first-order chi connectivity index (χ1) is 4.79. The maximum atomic E-state index is 5.61. The van der Waals surface area contributed by atoms with Crippen LogP contribution in [0.25, 0.3) is 0 Å². The minimum absolute atomic E-state index is 0.170. The van der Waals surface area contributed by atoms with Crippen molar-refractivity contribution in [1.29, 1.82) is 0 Å². The van der Waals surface area contributed by atoms with E-state index < -0.39 is 0 Å². The fraction of sp³-hybridized carbons (Fsp3) is 0.889. The van der Waals surface area contributed by atoms with Crippen LogP contribution in [-0.4, -0.2) is 6.04 Å². The largest absolute Gasteiger partial charge is 0.328 e.